The second kappa shape index (κ2) is 7.01. The Morgan fingerprint density at radius 2 is 2.29 bits per heavy atom. The van der Waals surface area contributed by atoms with E-state index in [-0.39, 0.29) is 11.7 Å². The third-order valence-electron chi connectivity index (χ3n) is 2.54. The van der Waals surface area contributed by atoms with Gasteiger partial charge < -0.3 is 11.1 Å². The maximum atomic E-state index is 12.9. The van der Waals surface area contributed by atoms with Crippen molar-refractivity contribution in [3.8, 4) is 0 Å². The van der Waals surface area contributed by atoms with Gasteiger partial charge in [0.25, 0.3) is 0 Å². The molecule has 0 saturated carbocycles. The van der Waals surface area contributed by atoms with Crippen LogP contribution < -0.4 is 11.1 Å². The van der Waals surface area contributed by atoms with E-state index in [4.69, 9.17) is 5.73 Å². The predicted molar refractivity (Wildman–Crippen MR) is 66.0 cm³/mol. The van der Waals surface area contributed by atoms with Crippen LogP contribution in [0.5, 0.6) is 0 Å². The van der Waals surface area contributed by atoms with Crippen LogP contribution in [-0.2, 0) is 11.2 Å². The molecule has 0 aliphatic rings. The second-order valence-electron chi connectivity index (χ2n) is 4.07. The molecule has 0 spiro atoms. The number of hydrogen-bond donors (Lipinski definition) is 2. The SMILES string of the molecule is CCCC(N)C(=O)NCCc1cccc(F)c1. The number of amides is 1. The Kier molecular flexibility index (Phi) is 5.63. The fraction of sp³-hybridized carbons (Fsp3) is 0.462. The van der Waals surface area contributed by atoms with Crippen LogP contribution in [-0.4, -0.2) is 18.5 Å². The number of hydrogen-bond acceptors (Lipinski definition) is 2. The fourth-order valence-electron chi connectivity index (χ4n) is 1.60. The number of carbonyl (C=O) groups excluding carboxylic acids is 1. The van der Waals surface area contributed by atoms with Crippen molar-refractivity contribution in [2.45, 2.75) is 32.2 Å². The molecule has 94 valence electrons. The summed E-state index contributed by atoms with van der Waals surface area (Å²) in [5.41, 5.74) is 6.53. The second-order valence-corrected chi connectivity index (χ2v) is 4.07. The molecule has 3 nitrogen and oxygen atoms in total. The van der Waals surface area contributed by atoms with Gasteiger partial charge in [-0.2, -0.15) is 0 Å². The van der Waals surface area contributed by atoms with E-state index < -0.39 is 6.04 Å². The predicted octanol–water partition coefficient (Wildman–Crippen LogP) is 1.61. The summed E-state index contributed by atoms with van der Waals surface area (Å²) in [6, 6.07) is 5.93. The van der Waals surface area contributed by atoms with E-state index >= 15 is 0 Å². The van der Waals surface area contributed by atoms with E-state index in [2.05, 4.69) is 5.32 Å². The summed E-state index contributed by atoms with van der Waals surface area (Å²) in [6.07, 6.45) is 2.19. The van der Waals surface area contributed by atoms with E-state index in [1.807, 2.05) is 13.0 Å². The number of carbonyl (C=O) groups is 1. The molecule has 0 aliphatic heterocycles. The Balaban J connectivity index is 2.30. The lowest BCUT2D eigenvalue weighted by Gasteiger charge is -2.11. The van der Waals surface area contributed by atoms with Crippen molar-refractivity contribution in [1.82, 2.24) is 5.32 Å². The molecule has 1 unspecified atom stereocenters. The molecule has 1 atom stereocenters. The fourth-order valence-corrected chi connectivity index (χ4v) is 1.60. The minimum Gasteiger partial charge on any atom is -0.354 e. The van der Waals surface area contributed by atoms with E-state index in [0.29, 0.717) is 19.4 Å². The Bertz CT molecular complexity index is 368. The first-order chi connectivity index (χ1) is 8.13. The van der Waals surface area contributed by atoms with Gasteiger partial charge in [0.2, 0.25) is 5.91 Å². The number of halogens is 1. The molecular formula is C13H19FN2O. The largest absolute Gasteiger partial charge is 0.354 e. The Morgan fingerprint density at radius 1 is 1.53 bits per heavy atom. The first-order valence-electron chi connectivity index (χ1n) is 5.91. The maximum Gasteiger partial charge on any atom is 0.236 e. The van der Waals surface area contributed by atoms with Gasteiger partial charge in [0.05, 0.1) is 6.04 Å². The van der Waals surface area contributed by atoms with Crippen molar-refractivity contribution in [3.63, 3.8) is 0 Å². The Hall–Kier alpha value is -1.42. The summed E-state index contributed by atoms with van der Waals surface area (Å²) in [5, 5.41) is 2.75. The highest BCUT2D eigenvalue weighted by Crippen LogP contribution is 2.03. The minimum atomic E-state index is -0.437. The molecule has 0 fully saturated rings. The summed E-state index contributed by atoms with van der Waals surface area (Å²) >= 11 is 0. The summed E-state index contributed by atoms with van der Waals surface area (Å²) in [5.74, 6) is -0.389. The third-order valence-corrected chi connectivity index (χ3v) is 2.54. The summed E-state index contributed by atoms with van der Waals surface area (Å²) < 4.78 is 12.9. The van der Waals surface area contributed by atoms with Gasteiger partial charge in [-0.15, -0.1) is 0 Å². The zero-order valence-electron chi connectivity index (χ0n) is 10.1. The van der Waals surface area contributed by atoms with Crippen molar-refractivity contribution < 1.29 is 9.18 Å². The number of benzene rings is 1. The summed E-state index contributed by atoms with van der Waals surface area (Å²) in [4.78, 5) is 11.5. The van der Waals surface area contributed by atoms with Crippen LogP contribution >= 0.6 is 0 Å². The van der Waals surface area contributed by atoms with E-state index in [1.54, 1.807) is 6.07 Å². The first-order valence-corrected chi connectivity index (χ1v) is 5.91. The Labute approximate surface area is 101 Å². The van der Waals surface area contributed by atoms with Gasteiger partial charge in [0.15, 0.2) is 0 Å². The first kappa shape index (κ1) is 13.6. The molecule has 17 heavy (non-hydrogen) atoms. The molecule has 0 radical (unpaired) electrons. The van der Waals surface area contributed by atoms with Gasteiger partial charge >= 0.3 is 0 Å². The molecular weight excluding hydrogens is 219 g/mol. The average Bonchev–Trinajstić information content (AvgIpc) is 2.29. The molecule has 4 heteroatoms. The van der Waals surface area contributed by atoms with Crippen molar-refractivity contribution in [3.05, 3.63) is 35.6 Å². The van der Waals surface area contributed by atoms with Gasteiger partial charge in [-0.25, -0.2) is 4.39 Å². The minimum absolute atomic E-state index is 0.136. The van der Waals surface area contributed by atoms with Crippen LogP contribution in [0.25, 0.3) is 0 Å². The lowest BCUT2D eigenvalue weighted by atomic mass is 10.1. The number of rotatable bonds is 6. The van der Waals surface area contributed by atoms with Crippen molar-refractivity contribution in [2.24, 2.45) is 5.73 Å². The molecule has 3 N–H and O–H groups in total. The topological polar surface area (TPSA) is 55.1 Å². The molecule has 0 bridgehead atoms. The highest BCUT2D eigenvalue weighted by Gasteiger charge is 2.10. The summed E-state index contributed by atoms with van der Waals surface area (Å²) in [7, 11) is 0. The number of nitrogens with two attached hydrogens (primary N) is 1. The molecule has 0 heterocycles. The quantitative estimate of drug-likeness (QED) is 0.791. The lowest BCUT2D eigenvalue weighted by molar-refractivity contribution is -0.122. The zero-order valence-corrected chi connectivity index (χ0v) is 10.1. The highest BCUT2D eigenvalue weighted by molar-refractivity contribution is 5.81. The summed E-state index contributed by atoms with van der Waals surface area (Å²) in [6.45, 7) is 2.47. The van der Waals surface area contributed by atoms with Crippen LogP contribution in [0, 0.1) is 5.82 Å². The normalized spacial score (nSPS) is 12.2. The standard InChI is InChI=1S/C13H19FN2O/c1-2-4-12(15)13(17)16-8-7-10-5-3-6-11(14)9-10/h3,5-6,9,12H,2,4,7-8,15H2,1H3,(H,16,17). The van der Waals surface area contributed by atoms with Gasteiger partial charge in [0, 0.05) is 6.54 Å². The van der Waals surface area contributed by atoms with E-state index in [1.165, 1.54) is 12.1 Å². The molecule has 1 aromatic rings. The molecule has 1 amide bonds. The zero-order chi connectivity index (χ0) is 12.7. The van der Waals surface area contributed by atoms with Gasteiger partial charge in [0.1, 0.15) is 5.82 Å². The molecule has 0 aromatic heterocycles. The molecule has 0 saturated heterocycles. The molecule has 0 aliphatic carbocycles. The molecule has 1 rings (SSSR count). The van der Waals surface area contributed by atoms with Crippen molar-refractivity contribution in [2.75, 3.05) is 6.54 Å². The van der Waals surface area contributed by atoms with Crippen LogP contribution in [0.2, 0.25) is 0 Å². The maximum absolute atomic E-state index is 12.9. The van der Waals surface area contributed by atoms with Gasteiger partial charge in [-0.3, -0.25) is 4.79 Å². The van der Waals surface area contributed by atoms with Crippen molar-refractivity contribution >= 4 is 5.91 Å². The van der Waals surface area contributed by atoms with Gasteiger partial charge in [-0.1, -0.05) is 25.5 Å². The van der Waals surface area contributed by atoms with E-state index in [9.17, 15) is 9.18 Å². The van der Waals surface area contributed by atoms with Crippen LogP contribution in [0.15, 0.2) is 24.3 Å². The smallest absolute Gasteiger partial charge is 0.236 e. The van der Waals surface area contributed by atoms with Gasteiger partial charge in [-0.05, 0) is 30.5 Å². The average molecular weight is 238 g/mol. The van der Waals surface area contributed by atoms with E-state index in [0.717, 1.165) is 12.0 Å². The monoisotopic (exact) mass is 238 g/mol. The van der Waals surface area contributed by atoms with Crippen molar-refractivity contribution in [1.29, 1.82) is 0 Å². The number of nitrogens with one attached hydrogen (secondary N) is 1. The Morgan fingerprint density at radius 3 is 2.94 bits per heavy atom. The third kappa shape index (κ3) is 4.95. The highest BCUT2D eigenvalue weighted by atomic mass is 19.1. The molecule has 1 aromatic carbocycles. The van der Waals surface area contributed by atoms with Crippen LogP contribution in [0.1, 0.15) is 25.3 Å². The van der Waals surface area contributed by atoms with Crippen LogP contribution in [0.4, 0.5) is 4.39 Å². The lowest BCUT2D eigenvalue weighted by Crippen LogP contribution is -2.41. The van der Waals surface area contributed by atoms with Crippen LogP contribution in [0.3, 0.4) is 0 Å².